The van der Waals surface area contributed by atoms with E-state index in [1.165, 1.54) is 18.3 Å². The number of nitrogens with zero attached hydrogens (tertiary/aromatic N) is 6. The number of fused-ring (bicyclic) bond motifs is 2. The Labute approximate surface area is 192 Å². The molecule has 0 amide bonds. The number of nitro groups is 1. The maximum atomic E-state index is 11.4. The number of hydrogen-bond acceptors (Lipinski definition) is 12. The van der Waals surface area contributed by atoms with Crippen molar-refractivity contribution in [3.63, 3.8) is 0 Å². The van der Waals surface area contributed by atoms with Gasteiger partial charge < -0.3 is 14.8 Å². The van der Waals surface area contributed by atoms with Crippen molar-refractivity contribution < 1.29 is 19.0 Å². The zero-order valence-electron chi connectivity index (χ0n) is 15.9. The van der Waals surface area contributed by atoms with Gasteiger partial charge >= 0.3 is 0 Å². The van der Waals surface area contributed by atoms with Crippen molar-refractivity contribution in [2.24, 2.45) is 5.10 Å². The Morgan fingerprint density at radius 2 is 1.75 bits per heavy atom. The molecular weight excluding hydrogens is 535 g/mol. The molecule has 3 heterocycles. The summed E-state index contributed by atoms with van der Waals surface area (Å²) >= 11 is 2.20. The molecule has 0 atom stereocenters. The van der Waals surface area contributed by atoms with E-state index in [1.807, 2.05) is 24.3 Å². The van der Waals surface area contributed by atoms with E-state index in [1.54, 1.807) is 0 Å². The number of anilines is 3. The van der Waals surface area contributed by atoms with E-state index in [9.17, 15) is 10.1 Å². The smallest absolute Gasteiger partial charge is 0.282 e. The van der Waals surface area contributed by atoms with Crippen LogP contribution in [0.15, 0.2) is 46.1 Å². The van der Waals surface area contributed by atoms with Gasteiger partial charge in [-0.05, 0) is 63.2 Å². The normalized spacial score (nSPS) is 12.4. The molecule has 0 saturated carbocycles. The maximum Gasteiger partial charge on any atom is 0.282 e. The van der Waals surface area contributed by atoms with Crippen LogP contribution in [-0.2, 0) is 0 Å². The van der Waals surface area contributed by atoms with Crippen LogP contribution in [0.4, 0.5) is 23.0 Å². The van der Waals surface area contributed by atoms with E-state index in [2.05, 4.69) is 63.3 Å². The minimum absolute atomic E-state index is 0.000239. The molecule has 5 rings (SSSR count). The Balaban J connectivity index is 1.45. The van der Waals surface area contributed by atoms with E-state index in [-0.39, 0.29) is 35.2 Å². The van der Waals surface area contributed by atoms with Gasteiger partial charge in [-0.15, -0.1) is 0 Å². The number of aromatic nitrogens is 4. The van der Waals surface area contributed by atoms with Crippen LogP contribution in [0, 0.1) is 13.7 Å². The second kappa shape index (κ2) is 8.22. The quantitative estimate of drug-likeness (QED) is 0.158. The van der Waals surface area contributed by atoms with Gasteiger partial charge in [0.15, 0.2) is 23.1 Å². The summed E-state index contributed by atoms with van der Waals surface area (Å²) in [6, 6.07) is 10.4. The first-order valence-corrected chi connectivity index (χ1v) is 10.0. The molecule has 1 aliphatic rings. The summed E-state index contributed by atoms with van der Waals surface area (Å²) < 4.78 is 16.2. The SMILES string of the molecule is O=[N+]([O-])c1cc2c(cc1/C=N/Nc1nc3nonc3nc1Nc1ccc(I)cc1)OCO2. The monoisotopic (exact) mass is 546 g/mol. The number of halogens is 1. The molecule has 160 valence electrons. The standard InChI is InChI=1S/C18H11IN8O5/c19-10-1-3-11(4-2-10)21-15-16(23-18-17(22-15)25-32-26-18)24-20-7-9-5-13-14(31-8-30-13)6-12(9)27(28)29/h1-7H,8H2,(H,21,22,25)(H,23,24,26)/b20-7+. The minimum atomic E-state index is -0.528. The lowest BCUT2D eigenvalue weighted by atomic mass is 10.1. The van der Waals surface area contributed by atoms with Gasteiger partial charge in [0.1, 0.15) is 0 Å². The Bertz CT molecular complexity index is 1360. The molecule has 0 bridgehead atoms. The van der Waals surface area contributed by atoms with Gasteiger partial charge in [0, 0.05) is 9.26 Å². The molecule has 2 aromatic carbocycles. The number of nitrogens with one attached hydrogen (secondary N) is 2. The first-order valence-electron chi connectivity index (χ1n) is 8.97. The molecule has 2 aromatic heterocycles. The van der Waals surface area contributed by atoms with Crippen LogP contribution >= 0.6 is 22.6 Å². The molecule has 2 N–H and O–H groups in total. The molecule has 0 fully saturated rings. The van der Waals surface area contributed by atoms with Gasteiger partial charge in [-0.2, -0.15) is 10.1 Å². The summed E-state index contributed by atoms with van der Waals surface area (Å²) in [5.74, 6) is 1.23. The number of ether oxygens (including phenoxy) is 2. The Hall–Kier alpha value is -4.08. The highest BCUT2D eigenvalue weighted by molar-refractivity contribution is 14.1. The van der Waals surface area contributed by atoms with Crippen molar-refractivity contribution in [2.45, 2.75) is 0 Å². The lowest BCUT2D eigenvalue weighted by Gasteiger charge is -2.09. The maximum absolute atomic E-state index is 11.4. The van der Waals surface area contributed by atoms with Crippen molar-refractivity contribution in [2.75, 3.05) is 17.5 Å². The molecule has 14 heteroatoms. The number of hydrazone groups is 1. The number of nitro benzene ring substituents is 1. The van der Waals surface area contributed by atoms with Gasteiger partial charge in [0.2, 0.25) is 18.1 Å². The summed E-state index contributed by atoms with van der Waals surface area (Å²) in [4.78, 5) is 19.5. The predicted octanol–water partition coefficient (Wildman–Crippen LogP) is 3.44. The van der Waals surface area contributed by atoms with E-state index in [4.69, 9.17) is 9.47 Å². The minimum Gasteiger partial charge on any atom is -0.454 e. The van der Waals surface area contributed by atoms with E-state index in [0.29, 0.717) is 17.3 Å². The molecule has 32 heavy (non-hydrogen) atoms. The first kappa shape index (κ1) is 19.9. The molecule has 0 spiro atoms. The van der Waals surface area contributed by atoms with Crippen molar-refractivity contribution in [3.05, 3.63) is 55.6 Å². The highest BCUT2D eigenvalue weighted by Gasteiger charge is 2.22. The van der Waals surface area contributed by atoms with E-state index in [0.717, 1.165) is 9.26 Å². The fourth-order valence-electron chi connectivity index (χ4n) is 2.84. The largest absolute Gasteiger partial charge is 0.454 e. The molecule has 1 aliphatic heterocycles. The lowest BCUT2D eigenvalue weighted by Crippen LogP contribution is -2.03. The summed E-state index contributed by atoms with van der Waals surface area (Å²) in [6.45, 7) is 0.000239. The molecule has 13 nitrogen and oxygen atoms in total. The number of hydrogen-bond donors (Lipinski definition) is 2. The average molecular weight is 546 g/mol. The van der Waals surface area contributed by atoms with Gasteiger partial charge in [-0.3, -0.25) is 15.5 Å². The van der Waals surface area contributed by atoms with Gasteiger partial charge in [-0.25, -0.2) is 9.61 Å². The highest BCUT2D eigenvalue weighted by atomic mass is 127. The van der Waals surface area contributed by atoms with Gasteiger partial charge in [0.05, 0.1) is 22.8 Å². The van der Waals surface area contributed by atoms with Crippen LogP contribution in [0.2, 0.25) is 0 Å². The van der Waals surface area contributed by atoms with Crippen LogP contribution in [0.1, 0.15) is 5.56 Å². The molecule has 0 unspecified atom stereocenters. The topological polar surface area (TPSA) is 163 Å². The number of benzene rings is 2. The Morgan fingerprint density at radius 1 is 1.06 bits per heavy atom. The summed E-state index contributed by atoms with van der Waals surface area (Å²) in [7, 11) is 0. The van der Waals surface area contributed by atoms with Crippen LogP contribution in [-0.4, -0.2) is 38.2 Å². The first-order chi connectivity index (χ1) is 15.6. The number of rotatable bonds is 6. The fraction of sp³-hybridized carbons (Fsp3) is 0.0556. The predicted molar refractivity (Wildman–Crippen MR) is 120 cm³/mol. The van der Waals surface area contributed by atoms with Crippen LogP contribution < -0.4 is 20.2 Å². The van der Waals surface area contributed by atoms with Crippen molar-refractivity contribution in [3.8, 4) is 11.5 Å². The van der Waals surface area contributed by atoms with Gasteiger partial charge in [-0.1, -0.05) is 0 Å². The molecule has 0 saturated heterocycles. The highest BCUT2D eigenvalue weighted by Crippen LogP contribution is 2.37. The third kappa shape index (κ3) is 3.94. The molecule has 0 aliphatic carbocycles. The third-order valence-electron chi connectivity index (χ3n) is 4.31. The Kier molecular flexibility index (Phi) is 5.10. The molecule has 0 radical (unpaired) electrons. The van der Waals surface area contributed by atoms with Gasteiger partial charge in [0.25, 0.3) is 5.69 Å². The van der Waals surface area contributed by atoms with Crippen LogP contribution in [0.5, 0.6) is 11.5 Å². The van der Waals surface area contributed by atoms with Crippen molar-refractivity contribution in [1.29, 1.82) is 0 Å². The second-order valence-corrected chi connectivity index (χ2v) is 7.60. The third-order valence-corrected chi connectivity index (χ3v) is 5.03. The summed E-state index contributed by atoms with van der Waals surface area (Å²) in [6.07, 6.45) is 1.28. The zero-order chi connectivity index (χ0) is 22.1. The fourth-order valence-corrected chi connectivity index (χ4v) is 3.20. The molecule has 4 aromatic rings. The average Bonchev–Trinajstić information content (AvgIpc) is 3.43. The van der Waals surface area contributed by atoms with Crippen LogP contribution in [0.3, 0.4) is 0 Å². The van der Waals surface area contributed by atoms with Crippen LogP contribution in [0.25, 0.3) is 11.3 Å². The zero-order valence-corrected chi connectivity index (χ0v) is 18.0. The van der Waals surface area contributed by atoms with Crippen molar-refractivity contribution in [1.82, 2.24) is 20.3 Å². The summed E-state index contributed by atoms with van der Waals surface area (Å²) in [5.41, 5.74) is 3.91. The van der Waals surface area contributed by atoms with E-state index < -0.39 is 4.92 Å². The van der Waals surface area contributed by atoms with E-state index >= 15 is 0 Å². The second-order valence-electron chi connectivity index (χ2n) is 6.36. The molecular formula is C18H11IN8O5. The van der Waals surface area contributed by atoms with Crippen molar-refractivity contribution >= 4 is 63.1 Å². The Morgan fingerprint density at radius 3 is 2.47 bits per heavy atom. The summed E-state index contributed by atoms with van der Waals surface area (Å²) in [5, 5.41) is 26.0. The lowest BCUT2D eigenvalue weighted by molar-refractivity contribution is -0.385.